The van der Waals surface area contributed by atoms with Crippen molar-refractivity contribution in [2.24, 2.45) is 0 Å². The Morgan fingerprint density at radius 2 is 2.23 bits per heavy atom. The van der Waals surface area contributed by atoms with Gasteiger partial charge in [0.25, 0.3) is 5.91 Å². The number of amides is 2. The zero-order chi connectivity index (χ0) is 16.1. The van der Waals surface area contributed by atoms with Gasteiger partial charge in [-0.25, -0.2) is 4.39 Å². The third-order valence-electron chi connectivity index (χ3n) is 3.53. The van der Waals surface area contributed by atoms with Crippen molar-refractivity contribution >= 4 is 27.7 Å². The first-order chi connectivity index (χ1) is 10.5. The number of carbonyl (C=O) groups excluding carboxylic acids is 2. The molecule has 0 bridgehead atoms. The molecule has 2 N–H and O–H groups in total. The first-order valence-corrected chi connectivity index (χ1v) is 7.91. The fourth-order valence-electron chi connectivity index (χ4n) is 2.26. The van der Waals surface area contributed by atoms with Gasteiger partial charge in [0.15, 0.2) is 0 Å². The molecule has 7 heteroatoms. The largest absolute Gasteiger partial charge is 0.376 e. The fraction of sp³-hybridized carbons (Fsp3) is 0.467. The maximum absolute atomic E-state index is 13.1. The highest BCUT2D eigenvalue weighted by Gasteiger charge is 2.25. The van der Waals surface area contributed by atoms with Crippen LogP contribution in [0.15, 0.2) is 22.7 Å². The van der Waals surface area contributed by atoms with Crippen LogP contribution in [-0.4, -0.2) is 37.1 Å². The standard InChI is InChI=1S/C15H18BrFN2O3/c1-9-13(5-7-22-9)19-14(20)4-6-18-15(21)11-8-10(17)2-3-12(11)16/h2-3,8-9,13H,4-7H2,1H3,(H,18,21)(H,19,20)/t9-,13-/m1/s1. The summed E-state index contributed by atoms with van der Waals surface area (Å²) < 4.78 is 19.0. The molecule has 1 aliphatic heterocycles. The van der Waals surface area contributed by atoms with Crippen LogP contribution in [0, 0.1) is 5.82 Å². The molecule has 0 aliphatic carbocycles. The number of hydrogen-bond acceptors (Lipinski definition) is 3. The van der Waals surface area contributed by atoms with Crippen LogP contribution in [0.1, 0.15) is 30.1 Å². The number of carbonyl (C=O) groups is 2. The third-order valence-corrected chi connectivity index (χ3v) is 4.22. The van der Waals surface area contributed by atoms with E-state index in [9.17, 15) is 14.0 Å². The SMILES string of the molecule is C[C@H]1OCC[C@H]1NC(=O)CCNC(=O)c1cc(F)ccc1Br. The Balaban J connectivity index is 1.77. The molecule has 5 nitrogen and oxygen atoms in total. The van der Waals surface area contributed by atoms with Gasteiger partial charge in [-0.05, 0) is 47.5 Å². The van der Waals surface area contributed by atoms with Gasteiger partial charge in [-0.3, -0.25) is 9.59 Å². The van der Waals surface area contributed by atoms with Gasteiger partial charge < -0.3 is 15.4 Å². The van der Waals surface area contributed by atoms with Crippen molar-refractivity contribution in [1.82, 2.24) is 10.6 Å². The van der Waals surface area contributed by atoms with Gasteiger partial charge >= 0.3 is 0 Å². The summed E-state index contributed by atoms with van der Waals surface area (Å²) in [5, 5.41) is 5.48. The Bertz CT molecular complexity index is 568. The molecule has 0 saturated carbocycles. The van der Waals surface area contributed by atoms with Crippen LogP contribution in [0.2, 0.25) is 0 Å². The minimum atomic E-state index is -0.485. The maximum atomic E-state index is 13.1. The lowest BCUT2D eigenvalue weighted by atomic mass is 10.1. The van der Waals surface area contributed by atoms with E-state index in [1.165, 1.54) is 12.1 Å². The molecule has 1 saturated heterocycles. The van der Waals surface area contributed by atoms with Crippen molar-refractivity contribution in [2.45, 2.75) is 31.9 Å². The van der Waals surface area contributed by atoms with E-state index in [0.717, 1.165) is 12.5 Å². The Kier molecular flexibility index (Phi) is 5.90. The second kappa shape index (κ2) is 7.69. The summed E-state index contributed by atoms with van der Waals surface area (Å²) in [6.07, 6.45) is 0.985. The Hall–Kier alpha value is -1.47. The Labute approximate surface area is 136 Å². The van der Waals surface area contributed by atoms with E-state index in [4.69, 9.17) is 4.74 Å². The van der Waals surface area contributed by atoms with Crippen LogP contribution in [0.25, 0.3) is 0 Å². The number of nitrogens with one attached hydrogen (secondary N) is 2. The molecule has 0 radical (unpaired) electrons. The first kappa shape index (κ1) is 16.9. The Morgan fingerprint density at radius 1 is 1.45 bits per heavy atom. The predicted octanol–water partition coefficient (Wildman–Crippen LogP) is 2.00. The van der Waals surface area contributed by atoms with E-state index in [-0.39, 0.29) is 36.6 Å². The van der Waals surface area contributed by atoms with Crippen LogP contribution < -0.4 is 10.6 Å². The molecule has 0 aromatic heterocycles. The molecule has 120 valence electrons. The van der Waals surface area contributed by atoms with Gasteiger partial charge in [0.05, 0.1) is 17.7 Å². The van der Waals surface area contributed by atoms with Crippen LogP contribution in [-0.2, 0) is 9.53 Å². The molecule has 2 atom stereocenters. The van der Waals surface area contributed by atoms with E-state index in [0.29, 0.717) is 11.1 Å². The summed E-state index contributed by atoms with van der Waals surface area (Å²) in [7, 11) is 0. The van der Waals surface area contributed by atoms with E-state index >= 15 is 0 Å². The molecule has 0 spiro atoms. The summed E-state index contributed by atoms with van der Waals surface area (Å²) in [6, 6.07) is 3.91. The molecule has 1 fully saturated rings. The van der Waals surface area contributed by atoms with Gasteiger partial charge in [-0.15, -0.1) is 0 Å². The summed E-state index contributed by atoms with van der Waals surface area (Å²) in [4.78, 5) is 23.7. The molecule has 2 amide bonds. The topological polar surface area (TPSA) is 67.4 Å². The molecule has 1 aromatic carbocycles. The maximum Gasteiger partial charge on any atom is 0.252 e. The van der Waals surface area contributed by atoms with Crippen LogP contribution in [0.5, 0.6) is 0 Å². The lowest BCUT2D eigenvalue weighted by molar-refractivity contribution is -0.122. The quantitative estimate of drug-likeness (QED) is 0.830. The highest BCUT2D eigenvalue weighted by Crippen LogP contribution is 2.17. The Morgan fingerprint density at radius 3 is 2.91 bits per heavy atom. The lowest BCUT2D eigenvalue weighted by Gasteiger charge is -2.16. The second-order valence-electron chi connectivity index (χ2n) is 5.17. The number of hydrogen-bond donors (Lipinski definition) is 2. The molecule has 0 unspecified atom stereocenters. The van der Waals surface area contributed by atoms with E-state index in [1.807, 2.05) is 6.92 Å². The van der Waals surface area contributed by atoms with Crippen molar-refractivity contribution in [3.05, 3.63) is 34.1 Å². The molecule has 1 heterocycles. The van der Waals surface area contributed by atoms with Crippen molar-refractivity contribution in [2.75, 3.05) is 13.2 Å². The second-order valence-corrected chi connectivity index (χ2v) is 6.02. The van der Waals surface area contributed by atoms with Crippen LogP contribution >= 0.6 is 15.9 Å². The average molecular weight is 373 g/mol. The van der Waals surface area contributed by atoms with E-state index < -0.39 is 11.7 Å². The number of halogens is 2. The van der Waals surface area contributed by atoms with Crippen molar-refractivity contribution in [1.29, 1.82) is 0 Å². The number of ether oxygens (including phenoxy) is 1. The van der Waals surface area contributed by atoms with E-state index in [2.05, 4.69) is 26.6 Å². The van der Waals surface area contributed by atoms with E-state index in [1.54, 1.807) is 0 Å². The van der Waals surface area contributed by atoms with Crippen molar-refractivity contribution < 1.29 is 18.7 Å². The predicted molar refractivity (Wildman–Crippen MR) is 83.0 cm³/mol. The number of benzene rings is 1. The summed E-state index contributed by atoms with van der Waals surface area (Å²) in [6.45, 7) is 2.76. The molecule has 2 rings (SSSR count). The zero-order valence-electron chi connectivity index (χ0n) is 12.2. The van der Waals surface area contributed by atoms with Crippen LogP contribution in [0.4, 0.5) is 4.39 Å². The molecule has 1 aromatic rings. The van der Waals surface area contributed by atoms with Gasteiger partial charge in [-0.1, -0.05) is 0 Å². The van der Waals surface area contributed by atoms with Crippen molar-refractivity contribution in [3.8, 4) is 0 Å². The molecule has 1 aliphatic rings. The fourth-order valence-corrected chi connectivity index (χ4v) is 2.68. The smallest absolute Gasteiger partial charge is 0.252 e. The monoisotopic (exact) mass is 372 g/mol. The minimum Gasteiger partial charge on any atom is -0.376 e. The van der Waals surface area contributed by atoms with Gasteiger partial charge in [-0.2, -0.15) is 0 Å². The van der Waals surface area contributed by atoms with Gasteiger partial charge in [0.2, 0.25) is 5.91 Å². The van der Waals surface area contributed by atoms with Gasteiger partial charge in [0, 0.05) is 24.0 Å². The highest BCUT2D eigenvalue weighted by atomic mass is 79.9. The normalized spacial score (nSPS) is 20.7. The molecular weight excluding hydrogens is 355 g/mol. The van der Waals surface area contributed by atoms with Crippen LogP contribution in [0.3, 0.4) is 0 Å². The third kappa shape index (κ3) is 4.51. The highest BCUT2D eigenvalue weighted by molar-refractivity contribution is 9.10. The minimum absolute atomic E-state index is 0.0155. The molecular formula is C15H18BrFN2O3. The van der Waals surface area contributed by atoms with Gasteiger partial charge in [0.1, 0.15) is 5.82 Å². The molecule has 22 heavy (non-hydrogen) atoms. The summed E-state index contributed by atoms with van der Waals surface area (Å²) in [5.74, 6) is -1.04. The average Bonchev–Trinajstić information content (AvgIpc) is 2.86. The summed E-state index contributed by atoms with van der Waals surface area (Å²) >= 11 is 3.20. The lowest BCUT2D eigenvalue weighted by Crippen LogP contribution is -2.40. The zero-order valence-corrected chi connectivity index (χ0v) is 13.8. The first-order valence-electron chi connectivity index (χ1n) is 7.11. The number of rotatable bonds is 5. The van der Waals surface area contributed by atoms with Crippen molar-refractivity contribution in [3.63, 3.8) is 0 Å². The summed E-state index contributed by atoms with van der Waals surface area (Å²) in [5.41, 5.74) is 0.207.